The summed E-state index contributed by atoms with van der Waals surface area (Å²) in [6.07, 6.45) is 13.4. The van der Waals surface area contributed by atoms with E-state index in [0.29, 0.717) is 12.8 Å². The van der Waals surface area contributed by atoms with Gasteiger partial charge in [-0.1, -0.05) is 12.5 Å². The first kappa shape index (κ1) is 22.4. The molecule has 3 heterocycles. The second-order valence-corrected chi connectivity index (χ2v) is 11.1. The van der Waals surface area contributed by atoms with Crippen molar-refractivity contribution in [3.63, 3.8) is 0 Å². The summed E-state index contributed by atoms with van der Waals surface area (Å²) in [5.74, 6) is 1.02. The summed E-state index contributed by atoms with van der Waals surface area (Å²) >= 11 is 0. The van der Waals surface area contributed by atoms with Crippen LogP contribution in [0.15, 0.2) is 18.2 Å². The van der Waals surface area contributed by atoms with Crippen molar-refractivity contribution in [1.82, 2.24) is 9.80 Å². The summed E-state index contributed by atoms with van der Waals surface area (Å²) in [6.45, 7) is 4.98. The number of aldehydes is 1. The maximum absolute atomic E-state index is 10.9. The third kappa shape index (κ3) is 4.49. The Labute approximate surface area is 193 Å². The zero-order valence-electron chi connectivity index (χ0n) is 19.7. The fraction of sp³-hybridized carbons (Fsp3) is 0.741. The van der Waals surface area contributed by atoms with Crippen LogP contribution in [-0.4, -0.2) is 66.1 Å². The summed E-state index contributed by atoms with van der Waals surface area (Å²) in [6, 6.07) is 7.01. The number of aryl methyl sites for hydroxylation is 1. The number of nitrogens with zero attached hydrogens (tertiary/aromatic N) is 2. The number of carbonyl (C=O) groups excluding carboxylic acids is 1. The molecule has 4 fully saturated rings. The minimum Gasteiger partial charge on any atom is -0.487 e. The molecule has 0 unspecified atom stereocenters. The van der Waals surface area contributed by atoms with E-state index in [1.807, 2.05) is 6.07 Å². The zero-order chi connectivity index (χ0) is 22.2. The van der Waals surface area contributed by atoms with Crippen molar-refractivity contribution in [1.29, 1.82) is 0 Å². The largest absolute Gasteiger partial charge is 0.487 e. The molecule has 0 atom stereocenters. The summed E-state index contributed by atoms with van der Waals surface area (Å²) in [5, 5.41) is 10.7. The molecule has 0 amide bonds. The molecule has 2 saturated carbocycles. The molecule has 1 spiro atoms. The first-order chi connectivity index (χ1) is 15.5. The average Bonchev–Trinajstić information content (AvgIpc) is 3.23. The lowest BCUT2D eigenvalue weighted by Gasteiger charge is -2.48. The van der Waals surface area contributed by atoms with Gasteiger partial charge in [0, 0.05) is 25.0 Å². The first-order valence-corrected chi connectivity index (χ1v) is 12.9. The van der Waals surface area contributed by atoms with Crippen molar-refractivity contribution in [3.8, 4) is 5.75 Å². The van der Waals surface area contributed by atoms with Crippen molar-refractivity contribution >= 4 is 6.29 Å². The molecule has 5 nitrogen and oxygen atoms in total. The molecule has 0 bridgehead atoms. The fourth-order valence-electron chi connectivity index (χ4n) is 6.23. The summed E-state index contributed by atoms with van der Waals surface area (Å²) < 4.78 is 6.54. The number of aliphatic hydroxyl groups is 1. The van der Waals surface area contributed by atoms with Gasteiger partial charge in [-0.25, -0.2) is 0 Å². The lowest BCUT2D eigenvalue weighted by Crippen LogP contribution is -2.53. The Bertz CT molecular complexity index is 801. The Morgan fingerprint density at radius 3 is 2.31 bits per heavy atom. The Balaban J connectivity index is 0.000000314. The minimum absolute atomic E-state index is 0.0106. The summed E-state index contributed by atoms with van der Waals surface area (Å²) in [5.41, 5.74) is 1.38. The van der Waals surface area contributed by atoms with Gasteiger partial charge in [0.05, 0.1) is 5.60 Å². The van der Waals surface area contributed by atoms with Crippen molar-refractivity contribution in [2.24, 2.45) is 5.92 Å². The highest BCUT2D eigenvalue weighted by Gasteiger charge is 2.45. The number of hydrogen-bond acceptors (Lipinski definition) is 5. The predicted molar refractivity (Wildman–Crippen MR) is 126 cm³/mol. The van der Waals surface area contributed by atoms with Gasteiger partial charge >= 0.3 is 0 Å². The zero-order valence-corrected chi connectivity index (χ0v) is 19.7. The van der Waals surface area contributed by atoms with Crippen LogP contribution in [0.5, 0.6) is 5.75 Å². The van der Waals surface area contributed by atoms with Gasteiger partial charge in [0.25, 0.3) is 0 Å². The maximum Gasteiger partial charge on any atom is 0.123 e. The smallest absolute Gasteiger partial charge is 0.123 e. The number of hydrogen-bond donors (Lipinski definition) is 1. The van der Waals surface area contributed by atoms with Crippen LogP contribution in [0.25, 0.3) is 0 Å². The van der Waals surface area contributed by atoms with Gasteiger partial charge in [-0.05, 0) is 108 Å². The molecule has 3 aliphatic heterocycles. The number of carbonyl (C=O) groups is 1. The van der Waals surface area contributed by atoms with E-state index in [-0.39, 0.29) is 11.5 Å². The van der Waals surface area contributed by atoms with Crippen LogP contribution in [0.4, 0.5) is 0 Å². The predicted octanol–water partition coefficient (Wildman–Crippen LogP) is 3.91. The van der Waals surface area contributed by atoms with E-state index in [1.165, 1.54) is 63.8 Å². The van der Waals surface area contributed by atoms with Crippen molar-refractivity contribution in [2.45, 2.75) is 87.9 Å². The van der Waals surface area contributed by atoms with Crippen LogP contribution in [-0.2, 0) is 16.8 Å². The van der Waals surface area contributed by atoms with Crippen molar-refractivity contribution in [2.75, 3.05) is 33.2 Å². The van der Waals surface area contributed by atoms with E-state index in [1.54, 1.807) is 0 Å². The van der Waals surface area contributed by atoms with Gasteiger partial charge < -0.3 is 24.4 Å². The van der Waals surface area contributed by atoms with Gasteiger partial charge in [0.2, 0.25) is 0 Å². The van der Waals surface area contributed by atoms with E-state index in [0.717, 1.165) is 49.3 Å². The Morgan fingerprint density at radius 1 is 1.03 bits per heavy atom. The molecule has 5 aliphatic rings. The normalized spacial score (nSPS) is 32.1. The average molecular weight is 441 g/mol. The molecule has 0 radical (unpaired) electrons. The van der Waals surface area contributed by atoms with E-state index < -0.39 is 5.60 Å². The quantitative estimate of drug-likeness (QED) is 0.723. The number of likely N-dealkylation sites (tertiary alicyclic amines) is 2. The highest BCUT2D eigenvalue weighted by Crippen LogP contribution is 2.47. The van der Waals surface area contributed by atoms with Crippen LogP contribution in [0.2, 0.25) is 0 Å². The van der Waals surface area contributed by atoms with Crippen LogP contribution in [0.3, 0.4) is 0 Å². The topological polar surface area (TPSA) is 53.0 Å². The fourth-order valence-corrected chi connectivity index (χ4v) is 6.23. The number of fused-ring (bicyclic) bond motifs is 1. The third-order valence-corrected chi connectivity index (χ3v) is 8.80. The van der Waals surface area contributed by atoms with Gasteiger partial charge in [-0.3, -0.25) is 0 Å². The third-order valence-electron chi connectivity index (χ3n) is 8.80. The maximum atomic E-state index is 10.9. The molecule has 0 aromatic heterocycles. The van der Waals surface area contributed by atoms with E-state index in [9.17, 15) is 9.90 Å². The van der Waals surface area contributed by atoms with E-state index >= 15 is 0 Å². The van der Waals surface area contributed by atoms with Crippen LogP contribution >= 0.6 is 0 Å². The lowest BCUT2D eigenvalue weighted by molar-refractivity contribution is -0.128. The molecular weight excluding hydrogens is 400 g/mol. The molecular formula is C27H40N2O3. The van der Waals surface area contributed by atoms with Crippen molar-refractivity contribution < 1.29 is 14.6 Å². The monoisotopic (exact) mass is 440 g/mol. The number of rotatable bonds is 3. The molecule has 5 heteroatoms. The van der Waals surface area contributed by atoms with Gasteiger partial charge in [-0.2, -0.15) is 0 Å². The summed E-state index contributed by atoms with van der Waals surface area (Å²) in [4.78, 5) is 15.9. The first-order valence-electron chi connectivity index (χ1n) is 12.9. The SMILES string of the molecule is CN1CCCC1.O=CC1CC(O)(c2ccc3c(c2)CCC2(CCN(C4CCC4)CC2)O3)C1. The second-order valence-electron chi connectivity index (χ2n) is 11.1. The molecule has 1 aromatic rings. The molecule has 2 saturated heterocycles. The van der Waals surface area contributed by atoms with Crippen LogP contribution in [0.1, 0.15) is 75.3 Å². The van der Waals surface area contributed by atoms with Crippen LogP contribution in [0, 0.1) is 5.92 Å². The molecule has 2 aliphatic carbocycles. The van der Waals surface area contributed by atoms with Gasteiger partial charge in [0.1, 0.15) is 17.6 Å². The second kappa shape index (κ2) is 9.08. The van der Waals surface area contributed by atoms with Gasteiger partial charge in [0.15, 0.2) is 0 Å². The Morgan fingerprint density at radius 2 is 1.75 bits per heavy atom. The number of piperidine rings is 1. The molecule has 1 N–H and O–H groups in total. The molecule has 176 valence electrons. The van der Waals surface area contributed by atoms with Crippen molar-refractivity contribution in [3.05, 3.63) is 29.3 Å². The number of benzene rings is 1. The van der Waals surface area contributed by atoms with E-state index in [2.05, 4.69) is 29.0 Å². The molecule has 32 heavy (non-hydrogen) atoms. The number of ether oxygens (including phenoxy) is 1. The highest BCUT2D eigenvalue weighted by molar-refractivity contribution is 5.57. The Hall–Kier alpha value is -1.43. The minimum atomic E-state index is -0.816. The van der Waals surface area contributed by atoms with Crippen LogP contribution < -0.4 is 4.74 Å². The highest BCUT2D eigenvalue weighted by atomic mass is 16.5. The van der Waals surface area contributed by atoms with Gasteiger partial charge in [-0.15, -0.1) is 0 Å². The standard InChI is InChI=1S/C22H29NO3.C5H11N/c24-15-16-13-22(25,14-16)18-4-5-20-17(12-18)6-7-21(26-20)8-10-23(11-9-21)19-2-1-3-19;1-6-4-2-3-5-6/h4-5,12,15-16,19,25H,1-3,6-11,13-14H2;2-5H2,1H3. The molecule has 1 aromatic carbocycles. The Kier molecular flexibility index (Phi) is 6.34. The molecule has 6 rings (SSSR count). The lowest BCUT2D eigenvalue weighted by atomic mass is 9.67. The van der Waals surface area contributed by atoms with E-state index in [4.69, 9.17) is 4.74 Å². The summed E-state index contributed by atoms with van der Waals surface area (Å²) in [7, 11) is 2.17.